The van der Waals surface area contributed by atoms with Crippen LogP contribution in [0.3, 0.4) is 0 Å². The number of nitriles is 2. The third-order valence-corrected chi connectivity index (χ3v) is 6.23. The summed E-state index contributed by atoms with van der Waals surface area (Å²) in [6, 6.07) is 11.7. The Morgan fingerprint density at radius 2 is 2.03 bits per heavy atom. The van der Waals surface area contributed by atoms with E-state index in [9.17, 15) is 10.1 Å². The molecule has 1 amide bonds. The molecule has 4 heterocycles. The lowest BCUT2D eigenvalue weighted by atomic mass is 9.75. The second-order valence-corrected chi connectivity index (χ2v) is 7.89. The van der Waals surface area contributed by atoms with Gasteiger partial charge in [-0.2, -0.15) is 15.6 Å². The highest BCUT2D eigenvalue weighted by atomic mass is 16.2. The summed E-state index contributed by atoms with van der Waals surface area (Å²) in [6.07, 6.45) is 7.10. The van der Waals surface area contributed by atoms with Gasteiger partial charge in [-0.3, -0.25) is 4.79 Å². The zero-order valence-electron chi connectivity index (χ0n) is 15.9. The molecule has 7 nitrogen and oxygen atoms in total. The largest absolute Gasteiger partial charge is 0.309 e. The predicted molar refractivity (Wildman–Crippen MR) is 105 cm³/mol. The van der Waals surface area contributed by atoms with Crippen LogP contribution in [0, 0.1) is 39.9 Å². The lowest BCUT2D eigenvalue weighted by Gasteiger charge is -2.23. The van der Waals surface area contributed by atoms with Crippen molar-refractivity contribution in [2.75, 3.05) is 11.4 Å². The van der Waals surface area contributed by atoms with Crippen LogP contribution < -0.4 is 4.90 Å². The molecule has 29 heavy (non-hydrogen) atoms. The molecule has 2 atom stereocenters. The summed E-state index contributed by atoms with van der Waals surface area (Å²) >= 11 is 0. The van der Waals surface area contributed by atoms with Gasteiger partial charge >= 0.3 is 0 Å². The van der Waals surface area contributed by atoms with Gasteiger partial charge in [0.2, 0.25) is 5.91 Å². The second-order valence-electron chi connectivity index (χ2n) is 7.89. The summed E-state index contributed by atoms with van der Waals surface area (Å²) in [4.78, 5) is 19.3. The highest BCUT2D eigenvalue weighted by Crippen LogP contribution is 2.54. The van der Waals surface area contributed by atoms with Gasteiger partial charge in [0.25, 0.3) is 0 Å². The summed E-state index contributed by atoms with van der Waals surface area (Å²) in [5, 5.41) is 23.2. The Kier molecular flexibility index (Phi) is 3.69. The Balaban J connectivity index is 1.58. The van der Waals surface area contributed by atoms with E-state index in [0.29, 0.717) is 12.2 Å². The van der Waals surface area contributed by atoms with Crippen molar-refractivity contribution >= 4 is 17.1 Å². The molecule has 1 aliphatic heterocycles. The van der Waals surface area contributed by atoms with E-state index in [1.165, 1.54) is 0 Å². The van der Waals surface area contributed by atoms with Crippen LogP contribution in [0.1, 0.15) is 25.5 Å². The van der Waals surface area contributed by atoms with E-state index in [-0.39, 0.29) is 17.7 Å². The van der Waals surface area contributed by atoms with Gasteiger partial charge in [0.05, 0.1) is 17.3 Å². The molecular formula is C22H18N6O. The summed E-state index contributed by atoms with van der Waals surface area (Å²) < 4.78 is 1.74. The Labute approximate surface area is 167 Å². The molecule has 0 bridgehead atoms. The number of hydrogen-bond acceptors (Lipinski definition) is 5. The highest BCUT2D eigenvalue weighted by molar-refractivity contribution is 6.05. The van der Waals surface area contributed by atoms with E-state index >= 15 is 0 Å². The van der Waals surface area contributed by atoms with Crippen LogP contribution in [0.2, 0.25) is 0 Å². The SMILES string of the molecule is C[C@@H]1CN(c2ccnn3cc(-c4ccc(C#N)nc4)cc23)C(=O)[C@]1(C#N)C1CC1. The summed E-state index contributed by atoms with van der Waals surface area (Å²) in [7, 11) is 0. The van der Waals surface area contributed by atoms with Crippen LogP contribution in [0.15, 0.2) is 42.9 Å². The number of rotatable bonds is 3. The average Bonchev–Trinajstić information content (AvgIpc) is 3.44. The number of carbonyl (C=O) groups is 1. The molecule has 7 heteroatoms. The van der Waals surface area contributed by atoms with Crippen LogP contribution >= 0.6 is 0 Å². The van der Waals surface area contributed by atoms with Crippen LogP contribution in [-0.4, -0.2) is 27.0 Å². The molecule has 2 aliphatic rings. The molecule has 1 aliphatic carbocycles. The summed E-state index contributed by atoms with van der Waals surface area (Å²) in [5.74, 6) is 0.0636. The van der Waals surface area contributed by atoms with Crippen LogP contribution in [-0.2, 0) is 4.79 Å². The molecule has 3 aromatic heterocycles. The Hall–Kier alpha value is -3.71. The number of carbonyl (C=O) groups excluding carboxylic acids is 1. The van der Waals surface area contributed by atoms with Crippen molar-refractivity contribution in [3.05, 3.63) is 48.5 Å². The van der Waals surface area contributed by atoms with Gasteiger partial charge in [-0.1, -0.05) is 6.92 Å². The van der Waals surface area contributed by atoms with Gasteiger partial charge in [-0.25, -0.2) is 9.50 Å². The lowest BCUT2D eigenvalue weighted by molar-refractivity contribution is -0.124. The zero-order valence-corrected chi connectivity index (χ0v) is 15.9. The number of amides is 1. The number of nitrogens with zero attached hydrogens (tertiary/aromatic N) is 6. The van der Waals surface area contributed by atoms with E-state index in [2.05, 4.69) is 16.2 Å². The van der Waals surface area contributed by atoms with Crippen molar-refractivity contribution in [2.45, 2.75) is 19.8 Å². The molecule has 0 aromatic carbocycles. The van der Waals surface area contributed by atoms with E-state index < -0.39 is 5.41 Å². The fourth-order valence-electron chi connectivity index (χ4n) is 4.52. The first kappa shape index (κ1) is 17.4. The first-order valence-electron chi connectivity index (χ1n) is 9.65. The molecule has 142 valence electrons. The number of hydrogen-bond donors (Lipinski definition) is 0. The Bertz CT molecular complexity index is 1210. The van der Waals surface area contributed by atoms with E-state index in [1.807, 2.05) is 37.4 Å². The average molecular weight is 382 g/mol. The molecule has 0 N–H and O–H groups in total. The van der Waals surface area contributed by atoms with Gasteiger partial charge in [0.1, 0.15) is 17.2 Å². The molecule has 3 aromatic rings. The minimum atomic E-state index is -0.910. The van der Waals surface area contributed by atoms with Crippen LogP contribution in [0.25, 0.3) is 16.6 Å². The fourth-order valence-corrected chi connectivity index (χ4v) is 4.52. The molecular weight excluding hydrogens is 364 g/mol. The standard InChI is InChI=1S/C22H18N6O/c1-14-11-27(21(29)22(14,13-24)17-3-4-17)19-6-7-26-28-12-16(8-20(19)28)15-2-5-18(9-23)25-10-15/h2,5-8,10,12,14,17H,3-4,11H2,1H3/t14-,22+/m1/s1. The maximum atomic E-state index is 13.4. The monoisotopic (exact) mass is 382 g/mol. The van der Waals surface area contributed by atoms with Gasteiger partial charge in [0.15, 0.2) is 0 Å². The smallest absolute Gasteiger partial charge is 0.248 e. The van der Waals surface area contributed by atoms with Crippen molar-refractivity contribution < 1.29 is 4.79 Å². The van der Waals surface area contributed by atoms with Gasteiger partial charge < -0.3 is 4.90 Å². The van der Waals surface area contributed by atoms with Gasteiger partial charge in [-0.15, -0.1) is 0 Å². The third-order valence-electron chi connectivity index (χ3n) is 6.23. The maximum absolute atomic E-state index is 13.4. The number of pyridine rings is 1. The van der Waals surface area contributed by atoms with Crippen LogP contribution in [0.5, 0.6) is 0 Å². The molecule has 0 unspecified atom stereocenters. The van der Waals surface area contributed by atoms with E-state index in [1.54, 1.807) is 27.9 Å². The molecule has 2 fully saturated rings. The van der Waals surface area contributed by atoms with E-state index in [0.717, 1.165) is 35.2 Å². The summed E-state index contributed by atoms with van der Waals surface area (Å²) in [5.41, 5.74) is 2.79. The number of fused-ring (bicyclic) bond motifs is 1. The van der Waals surface area contributed by atoms with Crippen molar-refractivity contribution in [3.8, 4) is 23.3 Å². The first-order chi connectivity index (χ1) is 14.1. The topological polar surface area (TPSA) is 98.1 Å². The second kappa shape index (κ2) is 6.15. The van der Waals surface area contributed by atoms with Crippen LogP contribution in [0.4, 0.5) is 5.69 Å². The summed E-state index contributed by atoms with van der Waals surface area (Å²) in [6.45, 7) is 2.53. The predicted octanol–water partition coefficient (Wildman–Crippen LogP) is 3.17. The molecule has 1 saturated carbocycles. The minimum absolute atomic E-state index is 0.0159. The molecule has 1 saturated heterocycles. The number of aromatic nitrogens is 3. The van der Waals surface area contributed by atoms with Crippen molar-refractivity contribution in [2.24, 2.45) is 17.3 Å². The fraction of sp³-hybridized carbons (Fsp3) is 0.318. The number of anilines is 1. The van der Waals surface area contributed by atoms with Crippen molar-refractivity contribution in [1.82, 2.24) is 14.6 Å². The highest BCUT2D eigenvalue weighted by Gasteiger charge is 2.61. The van der Waals surface area contributed by atoms with Gasteiger partial charge in [-0.05, 0) is 43.0 Å². The first-order valence-corrected chi connectivity index (χ1v) is 9.65. The van der Waals surface area contributed by atoms with Crippen molar-refractivity contribution in [3.63, 3.8) is 0 Å². The normalized spacial score (nSPS) is 23.9. The molecule has 0 radical (unpaired) electrons. The Morgan fingerprint density at radius 1 is 1.21 bits per heavy atom. The maximum Gasteiger partial charge on any atom is 0.248 e. The lowest BCUT2D eigenvalue weighted by Crippen LogP contribution is -2.37. The van der Waals surface area contributed by atoms with E-state index in [4.69, 9.17) is 5.26 Å². The minimum Gasteiger partial charge on any atom is -0.309 e. The zero-order chi connectivity index (χ0) is 20.2. The Morgan fingerprint density at radius 3 is 2.69 bits per heavy atom. The third kappa shape index (κ3) is 2.44. The quantitative estimate of drug-likeness (QED) is 0.693. The molecule has 0 spiro atoms. The molecule has 5 rings (SSSR count). The van der Waals surface area contributed by atoms with Gasteiger partial charge in [0, 0.05) is 42.2 Å². The van der Waals surface area contributed by atoms with Crippen molar-refractivity contribution in [1.29, 1.82) is 10.5 Å².